The van der Waals surface area contributed by atoms with Crippen molar-refractivity contribution in [2.45, 2.75) is 50.0 Å². The normalized spacial score (nSPS) is 21.1. The minimum Gasteiger partial charge on any atom is -0.371 e. The topological polar surface area (TPSA) is 50.7 Å². The summed E-state index contributed by atoms with van der Waals surface area (Å²) >= 11 is 0. The number of nitrogens with zero attached hydrogens (tertiary/aromatic N) is 1. The molecule has 2 aromatic carbocycles. The summed E-state index contributed by atoms with van der Waals surface area (Å²) in [6.07, 6.45) is 0.783. The lowest BCUT2D eigenvalue weighted by Gasteiger charge is -2.30. The zero-order chi connectivity index (χ0) is 25.0. The molecule has 34 heavy (non-hydrogen) atoms. The molecule has 0 bridgehead atoms. The Kier molecular flexibility index (Phi) is 7.46. The van der Waals surface area contributed by atoms with Crippen LogP contribution in [0.15, 0.2) is 78.8 Å². The molecule has 1 saturated heterocycles. The summed E-state index contributed by atoms with van der Waals surface area (Å²) in [5.41, 5.74) is -0.773. The summed E-state index contributed by atoms with van der Waals surface area (Å²) < 4.78 is 46.0. The van der Waals surface area contributed by atoms with Crippen molar-refractivity contribution in [1.29, 1.82) is 0 Å². The molecule has 180 valence electrons. The maximum atomic E-state index is 13.3. The number of rotatable bonds is 9. The van der Waals surface area contributed by atoms with Crippen LogP contribution in [0.5, 0.6) is 0 Å². The molecule has 0 saturated carbocycles. The molecule has 1 fully saturated rings. The molecular weight excluding hydrogens is 441 g/mol. The van der Waals surface area contributed by atoms with Crippen LogP contribution in [0, 0.1) is 6.92 Å². The SMILES string of the molecule is C=C[C@@]1(C=N[C@](C=C)(CO[C@H](C)c2cc(C)cc(C(F)(F)F)c2)c2ccccc2)CCC(=O)N1. The molecule has 1 N–H and O–H groups in total. The van der Waals surface area contributed by atoms with E-state index in [-0.39, 0.29) is 12.5 Å². The van der Waals surface area contributed by atoms with E-state index in [2.05, 4.69) is 18.5 Å². The molecule has 3 rings (SSSR count). The Bertz CT molecular complexity index is 1080. The van der Waals surface area contributed by atoms with E-state index in [1.54, 1.807) is 38.3 Å². The average Bonchev–Trinajstić information content (AvgIpc) is 3.20. The summed E-state index contributed by atoms with van der Waals surface area (Å²) in [5, 5.41) is 2.89. The second kappa shape index (κ2) is 9.97. The first-order chi connectivity index (χ1) is 16.0. The van der Waals surface area contributed by atoms with Gasteiger partial charge in [-0.2, -0.15) is 13.2 Å². The monoisotopic (exact) mass is 470 g/mol. The van der Waals surface area contributed by atoms with E-state index >= 15 is 0 Å². The number of benzene rings is 2. The Labute approximate surface area is 198 Å². The number of alkyl halides is 3. The highest BCUT2D eigenvalue weighted by atomic mass is 19.4. The summed E-state index contributed by atoms with van der Waals surface area (Å²) in [5.74, 6) is -0.0833. The minimum atomic E-state index is -4.44. The Morgan fingerprint density at radius 2 is 1.88 bits per heavy atom. The van der Waals surface area contributed by atoms with E-state index in [1.807, 2.05) is 30.3 Å². The third-order valence-corrected chi connectivity index (χ3v) is 6.09. The number of nitrogens with one attached hydrogen (secondary N) is 1. The fourth-order valence-electron chi connectivity index (χ4n) is 3.95. The number of hydrogen-bond acceptors (Lipinski definition) is 3. The Morgan fingerprint density at radius 1 is 1.18 bits per heavy atom. The Balaban J connectivity index is 1.92. The third-order valence-electron chi connectivity index (χ3n) is 6.09. The van der Waals surface area contributed by atoms with E-state index in [4.69, 9.17) is 9.73 Å². The number of aryl methyl sites for hydroxylation is 1. The molecule has 0 radical (unpaired) electrons. The van der Waals surface area contributed by atoms with Crippen LogP contribution in [-0.4, -0.2) is 24.3 Å². The molecule has 0 aromatic heterocycles. The molecule has 1 heterocycles. The number of hydrogen-bond donors (Lipinski definition) is 1. The first kappa shape index (κ1) is 25.4. The number of ether oxygens (including phenoxy) is 1. The van der Waals surface area contributed by atoms with Crippen LogP contribution in [-0.2, 0) is 21.2 Å². The number of amides is 1. The standard InChI is InChI=1S/C27H29F3N2O2/c1-5-25(13-12-24(33)32-25)17-31-26(6-2,22-10-8-7-9-11-22)18-34-20(4)21-14-19(3)15-23(16-21)27(28,29)30/h5-11,14-17,20H,1-2,12-13,18H2,3-4H3,(H,32,33)/t20-,25+,26-/m1/s1. The van der Waals surface area contributed by atoms with Crippen molar-refractivity contribution >= 4 is 12.1 Å². The lowest BCUT2D eigenvalue weighted by Crippen LogP contribution is -2.42. The van der Waals surface area contributed by atoms with Gasteiger partial charge in [-0.15, -0.1) is 13.2 Å². The Morgan fingerprint density at radius 3 is 2.44 bits per heavy atom. The van der Waals surface area contributed by atoms with Crippen molar-refractivity contribution in [3.05, 3.63) is 96.1 Å². The number of carbonyl (C=O) groups excluding carboxylic acids is 1. The molecule has 3 atom stereocenters. The molecule has 0 spiro atoms. The van der Waals surface area contributed by atoms with E-state index in [0.717, 1.165) is 17.7 Å². The van der Waals surface area contributed by atoms with Crippen LogP contribution in [0.1, 0.15) is 48.1 Å². The van der Waals surface area contributed by atoms with Gasteiger partial charge >= 0.3 is 6.18 Å². The van der Waals surface area contributed by atoms with Gasteiger partial charge in [0.25, 0.3) is 0 Å². The maximum absolute atomic E-state index is 13.3. The van der Waals surface area contributed by atoms with Crippen LogP contribution >= 0.6 is 0 Å². The molecule has 1 aliphatic heterocycles. The molecule has 4 nitrogen and oxygen atoms in total. The van der Waals surface area contributed by atoms with Gasteiger partial charge in [0.15, 0.2) is 0 Å². The van der Waals surface area contributed by atoms with Crippen molar-refractivity contribution in [2.24, 2.45) is 4.99 Å². The van der Waals surface area contributed by atoms with Crippen molar-refractivity contribution < 1.29 is 22.7 Å². The lowest BCUT2D eigenvalue weighted by atomic mass is 9.90. The van der Waals surface area contributed by atoms with Gasteiger partial charge in [-0.1, -0.05) is 54.1 Å². The number of aliphatic imine (C=N–C) groups is 1. The number of halogens is 3. The smallest absolute Gasteiger partial charge is 0.371 e. The van der Waals surface area contributed by atoms with Crippen LogP contribution in [0.3, 0.4) is 0 Å². The highest BCUT2D eigenvalue weighted by Crippen LogP contribution is 2.35. The van der Waals surface area contributed by atoms with Crippen LogP contribution in [0.2, 0.25) is 0 Å². The second-order valence-electron chi connectivity index (χ2n) is 8.63. The van der Waals surface area contributed by atoms with Gasteiger partial charge in [-0.05, 0) is 43.5 Å². The largest absolute Gasteiger partial charge is 0.416 e. The van der Waals surface area contributed by atoms with E-state index < -0.39 is 28.9 Å². The predicted molar refractivity (Wildman–Crippen MR) is 128 cm³/mol. The molecule has 0 aliphatic carbocycles. The summed E-state index contributed by atoms with van der Waals surface area (Å²) in [7, 11) is 0. The summed E-state index contributed by atoms with van der Waals surface area (Å²) in [6, 6.07) is 13.3. The first-order valence-corrected chi connectivity index (χ1v) is 11.0. The maximum Gasteiger partial charge on any atom is 0.416 e. The molecule has 0 unspecified atom stereocenters. The van der Waals surface area contributed by atoms with Crippen molar-refractivity contribution in [1.82, 2.24) is 5.32 Å². The van der Waals surface area contributed by atoms with E-state index in [9.17, 15) is 18.0 Å². The minimum absolute atomic E-state index is 0.0364. The Hall–Kier alpha value is -3.19. The molecule has 2 aromatic rings. The predicted octanol–water partition coefficient (Wildman–Crippen LogP) is 6.08. The van der Waals surface area contributed by atoms with Crippen LogP contribution < -0.4 is 5.32 Å². The molecule has 1 aliphatic rings. The van der Waals surface area contributed by atoms with Crippen molar-refractivity contribution in [3.63, 3.8) is 0 Å². The van der Waals surface area contributed by atoms with Gasteiger partial charge in [0.2, 0.25) is 5.91 Å². The fraction of sp³-hybridized carbons (Fsp3) is 0.333. The molecular formula is C27H29F3N2O2. The van der Waals surface area contributed by atoms with Gasteiger partial charge < -0.3 is 10.1 Å². The highest BCUT2D eigenvalue weighted by Gasteiger charge is 2.36. The van der Waals surface area contributed by atoms with Crippen LogP contribution in [0.4, 0.5) is 13.2 Å². The fourth-order valence-corrected chi connectivity index (χ4v) is 3.95. The van der Waals surface area contributed by atoms with Gasteiger partial charge in [0, 0.05) is 12.6 Å². The third kappa shape index (κ3) is 5.65. The average molecular weight is 471 g/mol. The highest BCUT2D eigenvalue weighted by molar-refractivity contribution is 5.89. The van der Waals surface area contributed by atoms with Gasteiger partial charge in [0.05, 0.1) is 23.8 Å². The zero-order valence-corrected chi connectivity index (χ0v) is 19.4. The van der Waals surface area contributed by atoms with E-state index in [1.165, 1.54) is 0 Å². The van der Waals surface area contributed by atoms with Crippen LogP contribution in [0.25, 0.3) is 0 Å². The summed E-state index contributed by atoms with van der Waals surface area (Å²) in [4.78, 5) is 16.6. The molecule has 7 heteroatoms. The second-order valence-corrected chi connectivity index (χ2v) is 8.63. The lowest BCUT2D eigenvalue weighted by molar-refractivity contribution is -0.137. The quantitative estimate of drug-likeness (QED) is 0.357. The van der Waals surface area contributed by atoms with Gasteiger partial charge in [-0.3, -0.25) is 9.79 Å². The summed E-state index contributed by atoms with van der Waals surface area (Å²) in [6.45, 7) is 11.2. The van der Waals surface area contributed by atoms with Crippen molar-refractivity contribution in [2.75, 3.05) is 6.61 Å². The first-order valence-electron chi connectivity index (χ1n) is 11.0. The van der Waals surface area contributed by atoms with Crippen molar-refractivity contribution in [3.8, 4) is 0 Å². The van der Waals surface area contributed by atoms with E-state index in [0.29, 0.717) is 24.0 Å². The zero-order valence-electron chi connectivity index (χ0n) is 19.4. The van der Waals surface area contributed by atoms with Gasteiger partial charge in [-0.25, -0.2) is 0 Å². The van der Waals surface area contributed by atoms with Gasteiger partial charge in [0.1, 0.15) is 5.54 Å². The number of carbonyl (C=O) groups is 1. The molecule has 1 amide bonds.